The molecule has 1 aromatic carbocycles. The van der Waals surface area contributed by atoms with E-state index in [9.17, 15) is 19.8 Å². The van der Waals surface area contributed by atoms with Gasteiger partial charge in [-0.3, -0.25) is 9.59 Å². The summed E-state index contributed by atoms with van der Waals surface area (Å²) in [7, 11) is 0. The minimum Gasteiger partial charge on any atom is -0.460 e. The fraction of sp³-hybridized carbons (Fsp3) is 0.730. The highest BCUT2D eigenvalue weighted by Crippen LogP contribution is 2.75. The summed E-state index contributed by atoms with van der Waals surface area (Å²) in [6.07, 6.45) is 9.42. The molecule has 0 bridgehead atoms. The molecule has 0 saturated heterocycles. The lowest BCUT2D eigenvalue weighted by Crippen LogP contribution is -2.67. The Bertz CT molecular complexity index is 1290. The molecule has 1 unspecified atom stereocenters. The molecule has 42 heavy (non-hydrogen) atoms. The third-order valence-corrected chi connectivity index (χ3v) is 14.4. The van der Waals surface area contributed by atoms with Crippen LogP contribution in [0.5, 0.6) is 0 Å². The van der Waals surface area contributed by atoms with E-state index in [2.05, 4.69) is 34.6 Å². The van der Waals surface area contributed by atoms with Crippen molar-refractivity contribution in [3.8, 4) is 0 Å². The first-order chi connectivity index (χ1) is 19.7. The van der Waals surface area contributed by atoms with Gasteiger partial charge < -0.3 is 14.9 Å². The highest BCUT2D eigenvalue weighted by molar-refractivity contribution is 5.95. The van der Waals surface area contributed by atoms with Crippen molar-refractivity contribution in [1.82, 2.24) is 0 Å². The Hall–Kier alpha value is -1.98. The van der Waals surface area contributed by atoms with Gasteiger partial charge in [-0.05, 0) is 110 Å². The summed E-state index contributed by atoms with van der Waals surface area (Å²) in [6, 6.07) is 9.87. The number of esters is 1. The summed E-state index contributed by atoms with van der Waals surface area (Å²) in [5.41, 5.74) is 0.569. The van der Waals surface area contributed by atoms with E-state index in [0.29, 0.717) is 6.42 Å². The average molecular weight is 577 g/mol. The second-order valence-corrected chi connectivity index (χ2v) is 16.5. The van der Waals surface area contributed by atoms with E-state index < -0.39 is 16.9 Å². The fourth-order valence-electron chi connectivity index (χ4n) is 11.3. The molecular formula is C37H52O5. The Morgan fingerprint density at radius 3 is 2.31 bits per heavy atom. The van der Waals surface area contributed by atoms with Gasteiger partial charge in [-0.2, -0.15) is 0 Å². The molecule has 0 aromatic heterocycles. The van der Waals surface area contributed by atoms with Crippen LogP contribution in [0, 0.1) is 50.2 Å². The molecule has 0 heterocycles. The van der Waals surface area contributed by atoms with Gasteiger partial charge in [0, 0.05) is 11.3 Å². The molecule has 230 valence electrons. The van der Waals surface area contributed by atoms with Crippen LogP contribution in [0.4, 0.5) is 0 Å². The van der Waals surface area contributed by atoms with Crippen LogP contribution in [0.1, 0.15) is 105 Å². The van der Waals surface area contributed by atoms with Crippen molar-refractivity contribution in [2.24, 2.45) is 50.2 Å². The fourth-order valence-corrected chi connectivity index (χ4v) is 11.3. The Balaban J connectivity index is 1.34. The van der Waals surface area contributed by atoms with Crippen molar-refractivity contribution in [3.05, 3.63) is 47.5 Å². The minimum absolute atomic E-state index is 0.0518. The number of aliphatic hydroxyl groups excluding tert-OH is 2. The maximum absolute atomic E-state index is 14.5. The zero-order valence-electron chi connectivity index (χ0n) is 26.7. The number of hydrogen-bond donors (Lipinski definition) is 2. The topological polar surface area (TPSA) is 83.8 Å². The number of aliphatic hydroxyl groups is 2. The van der Waals surface area contributed by atoms with Crippen LogP contribution in [0.2, 0.25) is 0 Å². The lowest BCUT2D eigenvalue weighted by Gasteiger charge is -2.70. The number of hydrogen-bond acceptors (Lipinski definition) is 5. The molecule has 5 aliphatic carbocycles. The lowest BCUT2D eigenvalue weighted by atomic mass is 9.33. The first kappa shape index (κ1) is 30.1. The van der Waals surface area contributed by atoms with E-state index in [1.165, 1.54) is 5.57 Å². The summed E-state index contributed by atoms with van der Waals surface area (Å²) >= 11 is 0. The summed E-state index contributed by atoms with van der Waals surface area (Å²) in [5, 5.41) is 21.5. The largest absolute Gasteiger partial charge is 0.460 e. The number of rotatable bonds is 4. The maximum Gasteiger partial charge on any atom is 0.312 e. The third-order valence-electron chi connectivity index (χ3n) is 14.4. The number of ether oxygens (including phenoxy) is 1. The Kier molecular flexibility index (Phi) is 6.99. The second-order valence-electron chi connectivity index (χ2n) is 16.5. The Morgan fingerprint density at radius 1 is 0.929 bits per heavy atom. The molecule has 6 rings (SSSR count). The standard InChI is InChI=1S/C37H52O5/c1-32-16-17-33(2,31(41)42-22-24-10-8-7-9-11-24)21-26(32)25-20-27(39)30-34(3)14-13-29(40)35(4,23-38)28(34)12-15-37(30,6)36(25,5)19-18-32/h7-11,20,26,28-30,38,40H,12-19,21-23H2,1-6H3/t26?,28-,29+,30-,32-,33+,34+,35+,36-,37-/m1/s1. The van der Waals surface area contributed by atoms with Crippen molar-refractivity contribution in [2.75, 3.05) is 6.61 Å². The molecule has 10 atom stereocenters. The van der Waals surface area contributed by atoms with Gasteiger partial charge in [0.2, 0.25) is 0 Å². The van der Waals surface area contributed by atoms with Gasteiger partial charge in [-0.15, -0.1) is 0 Å². The molecule has 0 spiro atoms. The van der Waals surface area contributed by atoms with Gasteiger partial charge >= 0.3 is 5.97 Å². The van der Waals surface area contributed by atoms with Gasteiger partial charge in [0.25, 0.3) is 0 Å². The molecule has 0 radical (unpaired) electrons. The lowest BCUT2D eigenvalue weighted by molar-refractivity contribution is -0.213. The van der Waals surface area contributed by atoms with Crippen LogP contribution in [0.15, 0.2) is 42.0 Å². The van der Waals surface area contributed by atoms with Crippen LogP contribution in [-0.4, -0.2) is 34.7 Å². The SMILES string of the molecule is C[C@]1(C(=O)OCc2ccccc2)CC[C@]2(C)CC[C@]3(C)C(=CC(=O)[C@@H]4[C@@]5(C)CC[C@H](O)[C@@](C)(CO)[C@@H]5CC[C@]43C)C2C1. The predicted octanol–water partition coefficient (Wildman–Crippen LogP) is 7.04. The van der Waals surface area contributed by atoms with E-state index >= 15 is 0 Å². The third kappa shape index (κ3) is 4.01. The van der Waals surface area contributed by atoms with Gasteiger partial charge in [-0.25, -0.2) is 0 Å². The highest BCUT2D eigenvalue weighted by atomic mass is 16.5. The van der Waals surface area contributed by atoms with E-state index in [0.717, 1.165) is 56.9 Å². The van der Waals surface area contributed by atoms with Crippen molar-refractivity contribution in [1.29, 1.82) is 0 Å². The van der Waals surface area contributed by atoms with Gasteiger partial charge in [0.05, 0.1) is 18.1 Å². The number of carbonyl (C=O) groups excluding carboxylic acids is 2. The van der Waals surface area contributed by atoms with Crippen LogP contribution in [0.25, 0.3) is 0 Å². The molecule has 5 aliphatic rings. The number of ketones is 1. The average Bonchev–Trinajstić information content (AvgIpc) is 2.96. The van der Waals surface area contributed by atoms with Gasteiger partial charge in [0.1, 0.15) is 6.61 Å². The smallest absolute Gasteiger partial charge is 0.312 e. The van der Waals surface area contributed by atoms with Crippen molar-refractivity contribution in [3.63, 3.8) is 0 Å². The molecule has 0 aliphatic heterocycles. The summed E-state index contributed by atoms with van der Waals surface area (Å²) in [5.74, 6) is 0.251. The van der Waals surface area contributed by atoms with Gasteiger partial charge in [-0.1, -0.05) is 70.5 Å². The molecule has 2 N–H and O–H groups in total. The zero-order chi connectivity index (χ0) is 30.3. The number of fused-ring (bicyclic) bond motifs is 7. The molecule has 4 fully saturated rings. The van der Waals surface area contributed by atoms with Crippen molar-refractivity contribution in [2.45, 2.75) is 112 Å². The first-order valence-electron chi connectivity index (χ1n) is 16.4. The van der Waals surface area contributed by atoms with Crippen LogP contribution in [0.3, 0.4) is 0 Å². The Labute approximate surface area is 252 Å². The molecule has 0 amide bonds. The first-order valence-corrected chi connectivity index (χ1v) is 16.4. The molecule has 4 saturated carbocycles. The van der Waals surface area contributed by atoms with Crippen LogP contribution >= 0.6 is 0 Å². The maximum atomic E-state index is 14.5. The molecule has 5 heteroatoms. The quantitative estimate of drug-likeness (QED) is 0.376. The molecular weight excluding hydrogens is 524 g/mol. The van der Waals surface area contributed by atoms with E-state index in [1.807, 2.05) is 43.3 Å². The molecule has 1 aromatic rings. The number of benzene rings is 1. The monoisotopic (exact) mass is 576 g/mol. The minimum atomic E-state index is -0.587. The zero-order valence-corrected chi connectivity index (χ0v) is 26.7. The van der Waals surface area contributed by atoms with E-state index in [1.54, 1.807) is 0 Å². The highest BCUT2D eigenvalue weighted by Gasteiger charge is 2.70. The Morgan fingerprint density at radius 2 is 1.62 bits per heavy atom. The summed E-state index contributed by atoms with van der Waals surface area (Å²) in [6.45, 7) is 13.8. The van der Waals surface area contributed by atoms with E-state index in [-0.39, 0.29) is 64.4 Å². The van der Waals surface area contributed by atoms with Crippen LogP contribution in [-0.2, 0) is 20.9 Å². The van der Waals surface area contributed by atoms with Crippen molar-refractivity contribution < 1.29 is 24.5 Å². The predicted molar refractivity (Wildman–Crippen MR) is 163 cm³/mol. The number of carbonyl (C=O) groups is 2. The second kappa shape index (κ2) is 9.76. The molecule has 5 nitrogen and oxygen atoms in total. The van der Waals surface area contributed by atoms with E-state index in [4.69, 9.17) is 4.74 Å². The van der Waals surface area contributed by atoms with Gasteiger partial charge in [0.15, 0.2) is 5.78 Å². The van der Waals surface area contributed by atoms with Crippen molar-refractivity contribution >= 4 is 11.8 Å². The number of allylic oxidation sites excluding steroid dienone is 2. The van der Waals surface area contributed by atoms with Crippen LogP contribution < -0.4 is 0 Å². The summed E-state index contributed by atoms with van der Waals surface area (Å²) in [4.78, 5) is 28.1. The normalized spacial score (nSPS) is 48.2. The summed E-state index contributed by atoms with van der Waals surface area (Å²) < 4.78 is 5.92.